The summed E-state index contributed by atoms with van der Waals surface area (Å²) in [6, 6.07) is 12.8. The van der Waals surface area contributed by atoms with Gasteiger partial charge in [-0.2, -0.15) is 0 Å². The Labute approximate surface area is 161 Å². The molecule has 1 amide bonds. The number of aryl methyl sites for hydroxylation is 1. The van der Waals surface area contributed by atoms with E-state index in [-0.39, 0.29) is 11.7 Å². The zero-order valence-electron chi connectivity index (χ0n) is 15.2. The molecule has 2 aromatic heterocycles. The molecular formula is C21H18FN5O. The van der Waals surface area contributed by atoms with Crippen LogP contribution in [-0.2, 0) is 7.05 Å². The zero-order chi connectivity index (χ0) is 19.5. The highest BCUT2D eigenvalue weighted by Gasteiger charge is 2.21. The quantitative estimate of drug-likeness (QED) is 0.582. The van der Waals surface area contributed by atoms with Gasteiger partial charge in [-0.05, 0) is 42.0 Å². The lowest BCUT2D eigenvalue weighted by molar-refractivity contribution is 0.0941. The number of carbonyl (C=O) groups excluding carboxylic acids is 1. The van der Waals surface area contributed by atoms with Crippen molar-refractivity contribution in [1.29, 1.82) is 0 Å². The maximum absolute atomic E-state index is 13.3. The summed E-state index contributed by atoms with van der Waals surface area (Å²) in [7, 11) is 1.85. The summed E-state index contributed by atoms with van der Waals surface area (Å²) >= 11 is 0. The molecule has 1 atom stereocenters. The summed E-state index contributed by atoms with van der Waals surface area (Å²) in [6.07, 6.45) is 8.69. The van der Waals surface area contributed by atoms with Gasteiger partial charge in [-0.3, -0.25) is 4.79 Å². The van der Waals surface area contributed by atoms with Crippen LogP contribution >= 0.6 is 0 Å². The number of amides is 1. The summed E-state index contributed by atoms with van der Waals surface area (Å²) in [5.74, 6) is 0.0910. The highest BCUT2D eigenvalue weighted by atomic mass is 19.1. The molecule has 28 heavy (non-hydrogen) atoms. The lowest BCUT2D eigenvalue weighted by Gasteiger charge is -2.19. The van der Waals surface area contributed by atoms with Gasteiger partial charge in [0.15, 0.2) is 0 Å². The van der Waals surface area contributed by atoms with Gasteiger partial charge in [0.25, 0.3) is 5.91 Å². The van der Waals surface area contributed by atoms with E-state index in [1.54, 1.807) is 49.2 Å². The second-order valence-corrected chi connectivity index (χ2v) is 6.37. The number of rotatable bonds is 5. The maximum atomic E-state index is 13.3. The molecule has 0 aliphatic carbocycles. The summed E-state index contributed by atoms with van der Waals surface area (Å²) in [4.78, 5) is 21.2. The zero-order valence-corrected chi connectivity index (χ0v) is 15.2. The number of benzene rings is 2. The first-order valence-corrected chi connectivity index (χ1v) is 8.74. The third kappa shape index (κ3) is 3.55. The summed E-state index contributed by atoms with van der Waals surface area (Å²) in [6.45, 7) is 0. The minimum absolute atomic E-state index is 0.241. The van der Waals surface area contributed by atoms with Gasteiger partial charge in [-0.25, -0.2) is 14.4 Å². The Balaban J connectivity index is 1.60. The Hall–Kier alpha value is -3.74. The molecule has 4 rings (SSSR count). The smallest absolute Gasteiger partial charge is 0.252 e. The molecule has 0 fully saturated rings. The molecule has 2 aromatic carbocycles. The molecule has 1 unspecified atom stereocenters. The average molecular weight is 375 g/mol. The molecule has 0 saturated heterocycles. The van der Waals surface area contributed by atoms with E-state index in [9.17, 15) is 9.18 Å². The SMILES string of the molecule is Cn1ccnc1C(NC(=O)c1ccc(-n2ccnc2)cc1)c1ccc(F)cc1. The van der Waals surface area contributed by atoms with Gasteiger partial charge in [0, 0.05) is 43.1 Å². The van der Waals surface area contributed by atoms with Crippen LogP contribution in [0.1, 0.15) is 27.8 Å². The van der Waals surface area contributed by atoms with E-state index in [2.05, 4.69) is 15.3 Å². The molecule has 0 bridgehead atoms. The van der Waals surface area contributed by atoms with Crippen molar-refractivity contribution in [1.82, 2.24) is 24.4 Å². The Morgan fingerprint density at radius 3 is 2.39 bits per heavy atom. The summed E-state index contributed by atoms with van der Waals surface area (Å²) in [5, 5.41) is 3.00. The highest BCUT2D eigenvalue weighted by molar-refractivity contribution is 5.94. The number of aromatic nitrogens is 4. The van der Waals surface area contributed by atoms with Crippen LogP contribution in [0.15, 0.2) is 79.6 Å². The fourth-order valence-corrected chi connectivity index (χ4v) is 3.02. The fourth-order valence-electron chi connectivity index (χ4n) is 3.02. The number of hydrogen-bond donors (Lipinski definition) is 1. The van der Waals surface area contributed by atoms with E-state index in [4.69, 9.17) is 0 Å². The molecule has 6 nitrogen and oxygen atoms in total. The third-order valence-corrected chi connectivity index (χ3v) is 4.53. The lowest BCUT2D eigenvalue weighted by Crippen LogP contribution is -2.31. The van der Waals surface area contributed by atoms with Crippen molar-refractivity contribution in [3.63, 3.8) is 0 Å². The average Bonchev–Trinajstić information content (AvgIpc) is 3.39. The van der Waals surface area contributed by atoms with Crippen molar-refractivity contribution < 1.29 is 9.18 Å². The van der Waals surface area contributed by atoms with Crippen LogP contribution in [0.4, 0.5) is 4.39 Å². The van der Waals surface area contributed by atoms with E-state index >= 15 is 0 Å². The van der Waals surface area contributed by atoms with Crippen LogP contribution in [0.3, 0.4) is 0 Å². The third-order valence-electron chi connectivity index (χ3n) is 4.53. The molecule has 0 saturated carbocycles. The fraction of sp³-hybridized carbons (Fsp3) is 0.0952. The molecule has 0 aliphatic heterocycles. The van der Waals surface area contributed by atoms with Crippen molar-refractivity contribution in [2.45, 2.75) is 6.04 Å². The van der Waals surface area contributed by atoms with Gasteiger partial charge in [-0.1, -0.05) is 12.1 Å². The van der Waals surface area contributed by atoms with E-state index in [0.717, 1.165) is 11.3 Å². The van der Waals surface area contributed by atoms with Crippen LogP contribution in [0.25, 0.3) is 5.69 Å². The lowest BCUT2D eigenvalue weighted by atomic mass is 10.0. The van der Waals surface area contributed by atoms with Gasteiger partial charge >= 0.3 is 0 Å². The normalized spacial score (nSPS) is 11.9. The van der Waals surface area contributed by atoms with Crippen molar-refractivity contribution in [2.24, 2.45) is 7.05 Å². The van der Waals surface area contributed by atoms with Gasteiger partial charge in [0.2, 0.25) is 0 Å². The van der Waals surface area contributed by atoms with Gasteiger partial charge in [0.05, 0.1) is 6.33 Å². The Bertz CT molecular complexity index is 1070. The van der Waals surface area contributed by atoms with Crippen molar-refractivity contribution >= 4 is 5.91 Å². The van der Waals surface area contributed by atoms with Crippen LogP contribution in [0.2, 0.25) is 0 Å². The number of halogens is 1. The van der Waals surface area contributed by atoms with Crippen LogP contribution in [0.5, 0.6) is 0 Å². The molecule has 140 valence electrons. The van der Waals surface area contributed by atoms with Crippen molar-refractivity contribution in [2.75, 3.05) is 0 Å². The minimum atomic E-state index is -0.499. The van der Waals surface area contributed by atoms with Gasteiger partial charge < -0.3 is 14.5 Å². The largest absolute Gasteiger partial charge is 0.338 e. The van der Waals surface area contributed by atoms with Crippen molar-refractivity contribution in [3.05, 3.63) is 102 Å². The molecular weight excluding hydrogens is 357 g/mol. The van der Waals surface area contributed by atoms with Gasteiger partial charge in [-0.15, -0.1) is 0 Å². The molecule has 2 heterocycles. The minimum Gasteiger partial charge on any atom is -0.338 e. The van der Waals surface area contributed by atoms with E-state index in [1.807, 2.05) is 34.5 Å². The second kappa shape index (κ2) is 7.48. The molecule has 1 N–H and O–H groups in total. The molecule has 7 heteroatoms. The van der Waals surface area contributed by atoms with Crippen LogP contribution in [-0.4, -0.2) is 25.0 Å². The van der Waals surface area contributed by atoms with Crippen LogP contribution < -0.4 is 5.32 Å². The number of hydrogen-bond acceptors (Lipinski definition) is 3. The predicted molar refractivity (Wildman–Crippen MR) is 102 cm³/mol. The molecule has 0 spiro atoms. The first kappa shape index (κ1) is 17.7. The number of nitrogens with one attached hydrogen (secondary N) is 1. The van der Waals surface area contributed by atoms with Gasteiger partial charge in [0.1, 0.15) is 17.7 Å². The Morgan fingerprint density at radius 1 is 1.04 bits per heavy atom. The predicted octanol–water partition coefficient (Wildman–Crippen LogP) is 3.26. The summed E-state index contributed by atoms with van der Waals surface area (Å²) < 4.78 is 17.0. The maximum Gasteiger partial charge on any atom is 0.252 e. The monoisotopic (exact) mass is 375 g/mol. The number of imidazole rings is 2. The highest BCUT2D eigenvalue weighted by Crippen LogP contribution is 2.21. The molecule has 0 radical (unpaired) electrons. The van der Waals surface area contributed by atoms with E-state index in [0.29, 0.717) is 11.4 Å². The first-order chi connectivity index (χ1) is 13.6. The van der Waals surface area contributed by atoms with Crippen LogP contribution in [0, 0.1) is 5.82 Å². The first-order valence-electron chi connectivity index (χ1n) is 8.74. The van der Waals surface area contributed by atoms with Crippen molar-refractivity contribution in [3.8, 4) is 5.69 Å². The van der Waals surface area contributed by atoms with E-state index in [1.165, 1.54) is 12.1 Å². The Morgan fingerprint density at radius 2 is 1.79 bits per heavy atom. The van der Waals surface area contributed by atoms with E-state index < -0.39 is 6.04 Å². The molecule has 4 aromatic rings. The number of carbonyl (C=O) groups is 1. The second-order valence-electron chi connectivity index (χ2n) is 6.37. The number of nitrogens with zero attached hydrogens (tertiary/aromatic N) is 4. The topological polar surface area (TPSA) is 64.7 Å². The Kier molecular flexibility index (Phi) is 4.72. The standard InChI is InChI=1S/C21H18FN5O/c1-26-12-11-24-20(26)19(15-2-6-17(22)7-3-15)25-21(28)16-4-8-18(9-5-16)27-13-10-23-14-27/h2-14,19H,1H3,(H,25,28). The summed E-state index contributed by atoms with van der Waals surface area (Å²) in [5.41, 5.74) is 2.18. The molecule has 0 aliphatic rings.